The molecule has 1 fully saturated rings. The van der Waals surface area contributed by atoms with Crippen molar-refractivity contribution < 1.29 is 14.7 Å². The number of likely N-dealkylation sites (N-methyl/N-ethyl adjacent to an activating group) is 1. The second-order valence-corrected chi connectivity index (χ2v) is 6.78. The number of hydrogen-bond acceptors (Lipinski definition) is 3. The van der Waals surface area contributed by atoms with Crippen LogP contribution in [-0.4, -0.2) is 65.2 Å². The van der Waals surface area contributed by atoms with E-state index in [1.165, 1.54) is 12.8 Å². The van der Waals surface area contributed by atoms with Gasteiger partial charge in [0.25, 0.3) is 0 Å². The highest BCUT2D eigenvalue weighted by Crippen LogP contribution is 2.16. The molecular formula is C15H29N3O3. The maximum absolute atomic E-state index is 12.4. The lowest BCUT2D eigenvalue weighted by atomic mass is 10.0. The largest absolute Gasteiger partial charge is 0.481 e. The van der Waals surface area contributed by atoms with E-state index in [0.29, 0.717) is 12.6 Å². The van der Waals surface area contributed by atoms with Crippen molar-refractivity contribution in [1.29, 1.82) is 0 Å². The second-order valence-electron chi connectivity index (χ2n) is 6.78. The Morgan fingerprint density at radius 3 is 2.52 bits per heavy atom. The molecule has 1 saturated heterocycles. The van der Waals surface area contributed by atoms with Crippen LogP contribution < -0.4 is 5.32 Å². The van der Waals surface area contributed by atoms with Crippen molar-refractivity contribution >= 4 is 12.0 Å². The third kappa shape index (κ3) is 5.91. The van der Waals surface area contributed by atoms with Crippen molar-refractivity contribution in [3.05, 3.63) is 0 Å². The topological polar surface area (TPSA) is 72.9 Å². The van der Waals surface area contributed by atoms with Crippen molar-refractivity contribution in [3.63, 3.8) is 0 Å². The van der Waals surface area contributed by atoms with Crippen LogP contribution in [0.3, 0.4) is 0 Å². The van der Waals surface area contributed by atoms with E-state index in [9.17, 15) is 9.59 Å². The molecule has 1 rings (SSSR count). The van der Waals surface area contributed by atoms with Crippen molar-refractivity contribution in [3.8, 4) is 0 Å². The van der Waals surface area contributed by atoms with Gasteiger partial charge in [-0.25, -0.2) is 4.79 Å². The molecule has 21 heavy (non-hydrogen) atoms. The highest BCUT2D eigenvalue weighted by atomic mass is 16.4. The van der Waals surface area contributed by atoms with E-state index in [0.717, 1.165) is 13.0 Å². The van der Waals surface area contributed by atoms with Gasteiger partial charge < -0.3 is 20.2 Å². The van der Waals surface area contributed by atoms with Crippen LogP contribution in [0.2, 0.25) is 0 Å². The standard InChI is InChI=1S/C15H29N3O3/c1-15(2,3)18(10-8-13(19)20)14(21)16-11-12-7-5-6-9-17(12)4/h12H,5-11H2,1-4H3,(H,16,21)(H,19,20). The molecule has 0 aliphatic carbocycles. The molecule has 2 N–H and O–H groups in total. The van der Waals surface area contributed by atoms with E-state index in [2.05, 4.69) is 17.3 Å². The molecule has 0 aromatic rings. The molecule has 1 unspecified atom stereocenters. The van der Waals surface area contributed by atoms with Crippen molar-refractivity contribution in [1.82, 2.24) is 15.1 Å². The van der Waals surface area contributed by atoms with Gasteiger partial charge in [-0.2, -0.15) is 0 Å². The number of carbonyl (C=O) groups excluding carboxylic acids is 1. The molecule has 0 radical (unpaired) electrons. The number of carboxylic acids is 1. The van der Waals surface area contributed by atoms with Crippen LogP contribution in [0.5, 0.6) is 0 Å². The fourth-order valence-corrected chi connectivity index (χ4v) is 2.65. The summed E-state index contributed by atoms with van der Waals surface area (Å²) in [5.74, 6) is -0.885. The number of nitrogens with one attached hydrogen (secondary N) is 1. The van der Waals surface area contributed by atoms with Crippen LogP contribution in [0.4, 0.5) is 4.79 Å². The number of hydrogen-bond donors (Lipinski definition) is 2. The Kier molecular flexibility index (Phi) is 6.45. The lowest BCUT2D eigenvalue weighted by Crippen LogP contribution is -2.53. The molecule has 1 heterocycles. The van der Waals surface area contributed by atoms with Crippen LogP contribution in [-0.2, 0) is 4.79 Å². The third-order valence-electron chi connectivity index (χ3n) is 4.01. The number of aliphatic carboxylic acids is 1. The number of likely N-dealkylation sites (tertiary alicyclic amines) is 1. The van der Waals surface area contributed by atoms with Gasteiger partial charge in [0.05, 0.1) is 6.42 Å². The first-order chi connectivity index (χ1) is 9.71. The van der Waals surface area contributed by atoms with E-state index in [4.69, 9.17) is 5.11 Å². The minimum absolute atomic E-state index is 0.0337. The molecule has 6 nitrogen and oxygen atoms in total. The highest BCUT2D eigenvalue weighted by Gasteiger charge is 2.28. The summed E-state index contributed by atoms with van der Waals surface area (Å²) >= 11 is 0. The van der Waals surface area contributed by atoms with Gasteiger partial charge in [0.2, 0.25) is 0 Å². The summed E-state index contributed by atoms with van der Waals surface area (Å²) in [5, 5.41) is 11.8. The molecule has 6 heteroatoms. The predicted octanol–water partition coefficient (Wildman–Crippen LogP) is 1.76. The zero-order valence-electron chi connectivity index (χ0n) is 13.7. The van der Waals surface area contributed by atoms with Crippen molar-refractivity contribution in [2.75, 3.05) is 26.7 Å². The van der Waals surface area contributed by atoms with Gasteiger partial charge in [-0.1, -0.05) is 6.42 Å². The van der Waals surface area contributed by atoms with Crippen LogP contribution >= 0.6 is 0 Å². The fourth-order valence-electron chi connectivity index (χ4n) is 2.65. The lowest BCUT2D eigenvalue weighted by Gasteiger charge is -2.37. The Balaban J connectivity index is 2.53. The Morgan fingerprint density at radius 2 is 2.00 bits per heavy atom. The van der Waals surface area contributed by atoms with Crippen molar-refractivity contribution in [2.24, 2.45) is 0 Å². The first-order valence-electron chi connectivity index (χ1n) is 7.69. The fraction of sp³-hybridized carbons (Fsp3) is 0.867. The third-order valence-corrected chi connectivity index (χ3v) is 4.01. The summed E-state index contributed by atoms with van der Waals surface area (Å²) < 4.78 is 0. The van der Waals surface area contributed by atoms with Crippen LogP contribution in [0.25, 0.3) is 0 Å². The molecule has 1 aliphatic heterocycles. The molecule has 2 amide bonds. The van der Waals surface area contributed by atoms with Crippen LogP contribution in [0, 0.1) is 0 Å². The minimum Gasteiger partial charge on any atom is -0.481 e. The summed E-state index contributed by atoms with van der Waals surface area (Å²) in [6.45, 7) is 7.67. The first-order valence-corrected chi connectivity index (χ1v) is 7.69. The van der Waals surface area contributed by atoms with Gasteiger partial charge in [0, 0.05) is 24.7 Å². The molecule has 0 aromatic carbocycles. The molecule has 122 valence electrons. The number of carbonyl (C=O) groups is 2. The Morgan fingerprint density at radius 1 is 1.33 bits per heavy atom. The maximum atomic E-state index is 12.4. The zero-order chi connectivity index (χ0) is 16.0. The van der Waals surface area contributed by atoms with Gasteiger partial charge in [0.1, 0.15) is 0 Å². The maximum Gasteiger partial charge on any atom is 0.317 e. The van der Waals surface area contributed by atoms with Crippen molar-refractivity contribution in [2.45, 2.75) is 58.0 Å². The van der Waals surface area contributed by atoms with E-state index in [-0.39, 0.29) is 19.0 Å². The molecule has 0 saturated carbocycles. The number of nitrogens with zero attached hydrogens (tertiary/aromatic N) is 2. The van der Waals surface area contributed by atoms with Crippen LogP contribution in [0.1, 0.15) is 46.5 Å². The molecule has 1 aliphatic rings. The first kappa shape index (κ1) is 17.8. The number of amides is 2. The number of rotatable bonds is 5. The average molecular weight is 299 g/mol. The van der Waals surface area contributed by atoms with Gasteiger partial charge >= 0.3 is 12.0 Å². The van der Waals surface area contributed by atoms with E-state index in [1.807, 2.05) is 20.8 Å². The SMILES string of the molecule is CN1CCCCC1CNC(=O)N(CCC(=O)O)C(C)(C)C. The number of carboxylic acid groups (broad SMARTS) is 1. The monoisotopic (exact) mass is 299 g/mol. The average Bonchev–Trinajstić information content (AvgIpc) is 2.36. The summed E-state index contributed by atoms with van der Waals surface area (Å²) in [5.41, 5.74) is -0.391. The highest BCUT2D eigenvalue weighted by molar-refractivity contribution is 5.76. The summed E-state index contributed by atoms with van der Waals surface area (Å²) in [6, 6.07) is 0.201. The smallest absolute Gasteiger partial charge is 0.317 e. The van der Waals surface area contributed by atoms with E-state index < -0.39 is 11.5 Å². The summed E-state index contributed by atoms with van der Waals surface area (Å²) in [7, 11) is 2.09. The minimum atomic E-state index is -0.885. The summed E-state index contributed by atoms with van der Waals surface area (Å²) in [4.78, 5) is 27.0. The quantitative estimate of drug-likeness (QED) is 0.811. The van der Waals surface area contributed by atoms with Gasteiger partial charge in [-0.15, -0.1) is 0 Å². The molecular weight excluding hydrogens is 270 g/mol. The van der Waals surface area contributed by atoms with Gasteiger partial charge in [-0.05, 0) is 47.2 Å². The predicted molar refractivity (Wildman–Crippen MR) is 82.4 cm³/mol. The second kappa shape index (κ2) is 7.64. The lowest BCUT2D eigenvalue weighted by molar-refractivity contribution is -0.137. The van der Waals surface area contributed by atoms with E-state index in [1.54, 1.807) is 4.90 Å². The van der Waals surface area contributed by atoms with E-state index >= 15 is 0 Å². The number of piperidine rings is 1. The molecule has 0 spiro atoms. The Labute approximate surface area is 127 Å². The Bertz CT molecular complexity index is 366. The Hall–Kier alpha value is -1.30. The molecule has 0 aromatic heterocycles. The zero-order valence-corrected chi connectivity index (χ0v) is 13.7. The van der Waals surface area contributed by atoms with Crippen LogP contribution in [0.15, 0.2) is 0 Å². The number of urea groups is 1. The normalized spacial score (nSPS) is 20.1. The molecule has 0 bridgehead atoms. The van der Waals surface area contributed by atoms with Gasteiger partial charge in [-0.3, -0.25) is 4.79 Å². The molecule has 1 atom stereocenters. The van der Waals surface area contributed by atoms with Gasteiger partial charge in [0.15, 0.2) is 0 Å². The summed E-state index contributed by atoms with van der Waals surface area (Å²) in [6.07, 6.45) is 3.48.